The number of ether oxygens (including phenoxy) is 1. The molecule has 3 aromatic rings. The number of nitrogens with zero attached hydrogens (tertiary/aromatic N) is 3. The van der Waals surface area contributed by atoms with Gasteiger partial charge in [-0.3, -0.25) is 14.9 Å². The fourth-order valence-corrected chi connectivity index (χ4v) is 3.69. The summed E-state index contributed by atoms with van der Waals surface area (Å²) in [5.41, 5.74) is -0.00601. The van der Waals surface area contributed by atoms with Gasteiger partial charge in [0, 0.05) is 28.6 Å². The van der Waals surface area contributed by atoms with Crippen molar-refractivity contribution in [1.82, 2.24) is 9.55 Å². The summed E-state index contributed by atoms with van der Waals surface area (Å²) in [6.07, 6.45) is 1.24. The maximum atomic E-state index is 12.3. The van der Waals surface area contributed by atoms with Crippen LogP contribution < -0.4 is 5.56 Å². The van der Waals surface area contributed by atoms with Crippen LogP contribution in [0.5, 0.6) is 0 Å². The molecule has 128 valence electrons. The van der Waals surface area contributed by atoms with E-state index in [1.54, 1.807) is 16.7 Å². The van der Waals surface area contributed by atoms with Crippen LogP contribution in [0.3, 0.4) is 0 Å². The third-order valence-corrected chi connectivity index (χ3v) is 4.96. The van der Waals surface area contributed by atoms with Gasteiger partial charge in [0.25, 0.3) is 0 Å². The molecule has 10 heteroatoms. The molecular weight excluding hydrogens is 366 g/mol. The van der Waals surface area contributed by atoms with Gasteiger partial charge in [0.15, 0.2) is 0 Å². The predicted molar refractivity (Wildman–Crippen MR) is 93.2 cm³/mol. The molecular formula is C15H11N3O5S2. The normalized spacial score (nSPS) is 10.6. The van der Waals surface area contributed by atoms with E-state index in [9.17, 15) is 19.7 Å². The minimum Gasteiger partial charge on any atom is -0.465 e. The lowest BCUT2D eigenvalue weighted by atomic mass is 10.2. The zero-order valence-corrected chi connectivity index (χ0v) is 14.5. The van der Waals surface area contributed by atoms with Crippen molar-refractivity contribution in [3.05, 3.63) is 66.2 Å². The highest BCUT2D eigenvalue weighted by Crippen LogP contribution is 2.26. The third kappa shape index (κ3) is 3.49. The fraction of sp³-hybridized carbons (Fsp3) is 0.133. The monoisotopic (exact) mass is 377 g/mol. The van der Waals surface area contributed by atoms with E-state index in [1.165, 1.54) is 17.5 Å². The second kappa shape index (κ2) is 6.95. The van der Waals surface area contributed by atoms with E-state index in [0.29, 0.717) is 5.69 Å². The van der Waals surface area contributed by atoms with Gasteiger partial charge in [-0.25, -0.2) is 9.78 Å². The van der Waals surface area contributed by atoms with Crippen molar-refractivity contribution in [3.63, 3.8) is 0 Å². The summed E-state index contributed by atoms with van der Waals surface area (Å²) in [4.78, 5) is 38.6. The Hall–Kier alpha value is -2.85. The van der Waals surface area contributed by atoms with Gasteiger partial charge < -0.3 is 9.30 Å². The van der Waals surface area contributed by atoms with Crippen LogP contribution in [0.4, 0.5) is 5.69 Å². The van der Waals surface area contributed by atoms with Crippen molar-refractivity contribution in [2.24, 2.45) is 0 Å². The minimum atomic E-state index is -0.816. The molecule has 0 spiro atoms. The molecule has 3 rings (SSSR count). The van der Waals surface area contributed by atoms with Gasteiger partial charge in [0.1, 0.15) is 5.01 Å². The lowest BCUT2D eigenvalue weighted by Gasteiger charge is -2.06. The van der Waals surface area contributed by atoms with Crippen LogP contribution in [-0.4, -0.2) is 27.6 Å². The molecule has 0 aliphatic carbocycles. The topological polar surface area (TPSA) is 104 Å². The van der Waals surface area contributed by atoms with Gasteiger partial charge in [-0.05, 0) is 11.4 Å². The molecule has 0 saturated carbocycles. The van der Waals surface area contributed by atoms with Crippen molar-refractivity contribution >= 4 is 34.3 Å². The van der Waals surface area contributed by atoms with Crippen LogP contribution in [0, 0.1) is 10.1 Å². The van der Waals surface area contributed by atoms with Crippen LogP contribution in [0.15, 0.2) is 39.3 Å². The highest BCUT2D eigenvalue weighted by atomic mass is 32.1. The smallest absolute Gasteiger partial charge is 0.339 e. The van der Waals surface area contributed by atoms with Gasteiger partial charge in [-0.15, -0.1) is 11.3 Å². The molecule has 0 bridgehead atoms. The predicted octanol–water partition coefficient (Wildman–Crippen LogP) is 2.78. The zero-order valence-electron chi connectivity index (χ0n) is 12.9. The Kier molecular flexibility index (Phi) is 4.72. The van der Waals surface area contributed by atoms with Crippen LogP contribution in [0.2, 0.25) is 0 Å². The number of thiazole rings is 1. The first-order valence-electron chi connectivity index (χ1n) is 6.93. The fourth-order valence-electron chi connectivity index (χ4n) is 2.17. The third-order valence-electron chi connectivity index (χ3n) is 3.34. The van der Waals surface area contributed by atoms with Gasteiger partial charge in [0.2, 0.25) is 0 Å². The van der Waals surface area contributed by atoms with Crippen LogP contribution in [0.25, 0.3) is 10.6 Å². The molecule has 25 heavy (non-hydrogen) atoms. The second-order valence-corrected chi connectivity index (χ2v) is 6.59. The molecule has 0 radical (unpaired) electrons. The molecule has 0 aliphatic heterocycles. The molecule has 0 saturated heterocycles. The molecule has 8 nitrogen and oxygen atoms in total. The number of pyridine rings is 1. The Labute approximate surface area is 149 Å². The zero-order chi connectivity index (χ0) is 18.0. The summed E-state index contributed by atoms with van der Waals surface area (Å²) in [5, 5.41) is 17.5. The van der Waals surface area contributed by atoms with E-state index in [4.69, 9.17) is 0 Å². The van der Waals surface area contributed by atoms with E-state index < -0.39 is 22.1 Å². The number of carbonyl (C=O) groups excluding carboxylic acids is 1. The number of carbonyl (C=O) groups is 1. The van der Waals surface area contributed by atoms with E-state index in [1.807, 2.05) is 16.8 Å². The number of rotatable bonds is 5. The average molecular weight is 377 g/mol. The number of esters is 1. The largest absolute Gasteiger partial charge is 0.465 e. The van der Waals surface area contributed by atoms with Crippen molar-refractivity contribution in [2.75, 3.05) is 7.11 Å². The Morgan fingerprint density at radius 1 is 1.44 bits per heavy atom. The molecule has 3 heterocycles. The summed E-state index contributed by atoms with van der Waals surface area (Å²) in [6.45, 7) is 0.0190. The Balaban J connectivity index is 1.99. The van der Waals surface area contributed by atoms with Crippen LogP contribution in [0.1, 0.15) is 16.1 Å². The summed E-state index contributed by atoms with van der Waals surface area (Å²) >= 11 is 2.96. The minimum absolute atomic E-state index is 0.0190. The number of methoxy groups -OCH3 is 1. The van der Waals surface area contributed by atoms with Crippen molar-refractivity contribution in [3.8, 4) is 10.6 Å². The van der Waals surface area contributed by atoms with Crippen molar-refractivity contribution in [1.29, 1.82) is 0 Å². The molecule has 0 atom stereocenters. The van der Waals surface area contributed by atoms with Gasteiger partial charge in [0.05, 0.1) is 29.8 Å². The molecule has 0 unspecified atom stereocenters. The first-order chi connectivity index (χ1) is 12.0. The highest BCUT2D eigenvalue weighted by Gasteiger charge is 2.20. The quantitative estimate of drug-likeness (QED) is 0.385. The molecule has 0 amide bonds. The Morgan fingerprint density at radius 2 is 2.24 bits per heavy atom. The number of hydrogen-bond acceptors (Lipinski definition) is 8. The number of thiophene rings is 1. The van der Waals surface area contributed by atoms with Crippen molar-refractivity contribution in [2.45, 2.75) is 6.54 Å². The first kappa shape index (κ1) is 17.0. The maximum absolute atomic E-state index is 12.3. The Bertz CT molecular complexity index is 991. The lowest BCUT2D eigenvalue weighted by Crippen LogP contribution is -2.24. The molecule has 0 fully saturated rings. The molecule has 3 aromatic heterocycles. The summed E-state index contributed by atoms with van der Waals surface area (Å²) in [6, 6.07) is 2.85. The van der Waals surface area contributed by atoms with Gasteiger partial charge in [-0.1, -0.05) is 0 Å². The highest BCUT2D eigenvalue weighted by molar-refractivity contribution is 7.14. The van der Waals surface area contributed by atoms with Crippen molar-refractivity contribution < 1.29 is 14.5 Å². The van der Waals surface area contributed by atoms with E-state index in [2.05, 4.69) is 9.72 Å². The summed E-state index contributed by atoms with van der Waals surface area (Å²) < 4.78 is 5.67. The number of aromatic nitrogens is 2. The standard InChI is InChI=1S/C15H11N3O5S2/c1-23-15(20)10-4-12(18(21)22)14(19)17(5-10)6-11-8-25-13(16-11)9-2-3-24-7-9/h2-5,7-8H,6H2,1H3. The summed E-state index contributed by atoms with van der Waals surface area (Å²) in [5.74, 6) is -0.755. The van der Waals surface area contributed by atoms with Gasteiger partial charge >= 0.3 is 17.2 Å². The number of hydrogen-bond donors (Lipinski definition) is 0. The summed E-state index contributed by atoms with van der Waals surface area (Å²) in [7, 11) is 1.16. The van der Waals surface area contributed by atoms with E-state index in [0.717, 1.165) is 28.3 Å². The van der Waals surface area contributed by atoms with Gasteiger partial charge in [-0.2, -0.15) is 11.3 Å². The van der Waals surface area contributed by atoms with Crippen LogP contribution in [-0.2, 0) is 11.3 Å². The number of nitro groups is 1. The molecule has 0 aromatic carbocycles. The molecule has 0 N–H and O–H groups in total. The van der Waals surface area contributed by atoms with E-state index in [-0.39, 0.29) is 12.1 Å². The second-order valence-electron chi connectivity index (χ2n) is 4.95. The maximum Gasteiger partial charge on any atom is 0.339 e. The van der Waals surface area contributed by atoms with E-state index >= 15 is 0 Å². The average Bonchev–Trinajstić information content (AvgIpc) is 3.26. The molecule has 0 aliphatic rings. The lowest BCUT2D eigenvalue weighted by molar-refractivity contribution is -0.386. The van der Waals surface area contributed by atoms with Crippen LogP contribution >= 0.6 is 22.7 Å². The first-order valence-corrected chi connectivity index (χ1v) is 8.76. The Morgan fingerprint density at radius 3 is 2.88 bits per heavy atom. The SMILES string of the molecule is COC(=O)c1cc([N+](=O)[O-])c(=O)n(Cc2csc(-c3ccsc3)n2)c1.